The second-order valence-corrected chi connectivity index (χ2v) is 7.04. The first kappa shape index (κ1) is 16.3. The minimum atomic E-state index is -3.31. The summed E-state index contributed by atoms with van der Waals surface area (Å²) in [6.07, 6.45) is 3.09. The van der Waals surface area contributed by atoms with E-state index in [0.717, 1.165) is 17.8 Å². The molecule has 0 unspecified atom stereocenters. The van der Waals surface area contributed by atoms with E-state index in [2.05, 4.69) is 15.0 Å². The Morgan fingerprint density at radius 3 is 2.32 bits per heavy atom. The Kier molecular flexibility index (Phi) is 5.38. The van der Waals surface area contributed by atoms with Gasteiger partial charge in [-0.25, -0.2) is 13.4 Å². The molecule has 0 atom stereocenters. The molecule has 1 aromatic carbocycles. The van der Waals surface area contributed by atoms with Crippen LogP contribution in [0.2, 0.25) is 0 Å². The van der Waals surface area contributed by atoms with Gasteiger partial charge in [-0.1, -0.05) is 31.0 Å². The zero-order valence-corrected chi connectivity index (χ0v) is 13.7. The Hall–Kier alpha value is -2.08. The maximum absolute atomic E-state index is 11.8. The number of benzene rings is 1. The molecule has 0 bridgehead atoms. The van der Waals surface area contributed by atoms with Crippen LogP contribution in [0.5, 0.6) is 0 Å². The largest absolute Gasteiger partial charge is 0.354 e. The molecule has 2 aromatic rings. The lowest BCUT2D eigenvalue weighted by Gasteiger charge is -2.09. The van der Waals surface area contributed by atoms with Gasteiger partial charge in [0.15, 0.2) is 0 Å². The number of unbranched alkanes of at least 4 members (excludes halogenated alkanes) is 1. The SMILES string of the molecule is CCCCS(=O)(=O)Nc1ccc(Nc2ccc(C)cc2)cn1. The van der Waals surface area contributed by atoms with Gasteiger partial charge in [-0.3, -0.25) is 4.72 Å². The number of nitrogens with one attached hydrogen (secondary N) is 2. The first-order valence-corrected chi connectivity index (χ1v) is 8.94. The molecule has 6 heteroatoms. The molecule has 0 aliphatic heterocycles. The standard InChI is InChI=1S/C16H21N3O2S/c1-3-4-11-22(20,21)19-16-10-9-15(12-17-16)18-14-7-5-13(2)6-8-14/h5-10,12,18H,3-4,11H2,1-2H3,(H,17,19). The molecule has 2 N–H and O–H groups in total. The first-order valence-electron chi connectivity index (χ1n) is 7.29. The number of hydrogen-bond donors (Lipinski definition) is 2. The fourth-order valence-corrected chi connectivity index (χ4v) is 3.09. The third-order valence-corrected chi connectivity index (χ3v) is 4.48. The van der Waals surface area contributed by atoms with Gasteiger partial charge in [-0.15, -0.1) is 0 Å². The van der Waals surface area contributed by atoms with Gasteiger partial charge in [-0.2, -0.15) is 0 Å². The predicted molar refractivity (Wildman–Crippen MR) is 91.0 cm³/mol. The lowest BCUT2D eigenvalue weighted by atomic mass is 10.2. The Morgan fingerprint density at radius 1 is 1.05 bits per heavy atom. The van der Waals surface area contributed by atoms with E-state index in [9.17, 15) is 8.42 Å². The molecule has 1 aromatic heterocycles. The van der Waals surface area contributed by atoms with Gasteiger partial charge in [0, 0.05) is 5.69 Å². The summed E-state index contributed by atoms with van der Waals surface area (Å²) < 4.78 is 26.1. The highest BCUT2D eigenvalue weighted by atomic mass is 32.2. The van der Waals surface area contributed by atoms with Crippen molar-refractivity contribution < 1.29 is 8.42 Å². The topological polar surface area (TPSA) is 71.1 Å². The number of aromatic nitrogens is 1. The average Bonchev–Trinajstić information content (AvgIpc) is 2.49. The van der Waals surface area contributed by atoms with E-state index in [0.29, 0.717) is 12.2 Å². The van der Waals surface area contributed by atoms with Crippen molar-refractivity contribution >= 4 is 27.2 Å². The van der Waals surface area contributed by atoms with Crippen molar-refractivity contribution in [2.24, 2.45) is 0 Å². The molecule has 0 saturated carbocycles. The Balaban J connectivity index is 1.99. The van der Waals surface area contributed by atoms with Crippen LogP contribution >= 0.6 is 0 Å². The van der Waals surface area contributed by atoms with Crippen molar-refractivity contribution in [3.05, 3.63) is 48.2 Å². The van der Waals surface area contributed by atoms with Gasteiger partial charge in [0.1, 0.15) is 5.82 Å². The summed E-state index contributed by atoms with van der Waals surface area (Å²) in [5, 5.41) is 3.22. The van der Waals surface area contributed by atoms with Crippen LogP contribution in [0.4, 0.5) is 17.2 Å². The van der Waals surface area contributed by atoms with Crippen molar-refractivity contribution in [1.82, 2.24) is 4.98 Å². The number of anilines is 3. The highest BCUT2D eigenvalue weighted by Gasteiger charge is 2.10. The molecule has 1 heterocycles. The summed E-state index contributed by atoms with van der Waals surface area (Å²) in [6.45, 7) is 3.99. The van der Waals surface area contributed by atoms with E-state index in [1.165, 1.54) is 5.56 Å². The number of hydrogen-bond acceptors (Lipinski definition) is 4. The van der Waals surface area contributed by atoms with E-state index in [1.807, 2.05) is 38.1 Å². The molecule has 22 heavy (non-hydrogen) atoms. The molecule has 5 nitrogen and oxygen atoms in total. The summed E-state index contributed by atoms with van der Waals surface area (Å²) in [6, 6.07) is 11.5. The summed E-state index contributed by atoms with van der Waals surface area (Å²) in [4.78, 5) is 4.13. The summed E-state index contributed by atoms with van der Waals surface area (Å²) in [5.41, 5.74) is 2.96. The van der Waals surface area contributed by atoms with Gasteiger partial charge < -0.3 is 5.32 Å². The van der Waals surface area contributed by atoms with Crippen LogP contribution in [0.1, 0.15) is 25.3 Å². The molecular weight excluding hydrogens is 298 g/mol. The molecule has 0 radical (unpaired) electrons. The predicted octanol–water partition coefficient (Wildman–Crippen LogP) is 3.68. The van der Waals surface area contributed by atoms with Gasteiger partial charge in [-0.05, 0) is 37.6 Å². The number of sulfonamides is 1. The maximum Gasteiger partial charge on any atom is 0.233 e. The average molecular weight is 319 g/mol. The van der Waals surface area contributed by atoms with Crippen molar-refractivity contribution in [3.8, 4) is 0 Å². The number of pyridine rings is 1. The number of aryl methyl sites for hydroxylation is 1. The van der Waals surface area contributed by atoms with Crippen LogP contribution in [-0.4, -0.2) is 19.2 Å². The zero-order chi connectivity index (χ0) is 16.0. The maximum atomic E-state index is 11.8. The second-order valence-electron chi connectivity index (χ2n) is 5.20. The van der Waals surface area contributed by atoms with Crippen LogP contribution in [-0.2, 0) is 10.0 Å². The Morgan fingerprint density at radius 2 is 1.73 bits per heavy atom. The van der Waals surface area contributed by atoms with E-state index in [4.69, 9.17) is 0 Å². The number of nitrogens with zero attached hydrogens (tertiary/aromatic N) is 1. The molecule has 2 rings (SSSR count). The van der Waals surface area contributed by atoms with Gasteiger partial charge in [0.05, 0.1) is 17.6 Å². The van der Waals surface area contributed by atoms with E-state index >= 15 is 0 Å². The third-order valence-electron chi connectivity index (χ3n) is 3.13. The van der Waals surface area contributed by atoms with Crippen molar-refractivity contribution in [2.45, 2.75) is 26.7 Å². The fraction of sp³-hybridized carbons (Fsp3) is 0.312. The fourth-order valence-electron chi connectivity index (χ4n) is 1.88. The lowest BCUT2D eigenvalue weighted by molar-refractivity contribution is 0.597. The minimum Gasteiger partial charge on any atom is -0.354 e. The van der Waals surface area contributed by atoms with Crippen molar-refractivity contribution in [2.75, 3.05) is 15.8 Å². The summed E-state index contributed by atoms with van der Waals surface area (Å²) in [7, 11) is -3.31. The highest BCUT2D eigenvalue weighted by molar-refractivity contribution is 7.92. The molecule has 0 fully saturated rings. The smallest absolute Gasteiger partial charge is 0.233 e. The normalized spacial score (nSPS) is 11.2. The van der Waals surface area contributed by atoms with E-state index in [-0.39, 0.29) is 5.75 Å². The van der Waals surface area contributed by atoms with Crippen molar-refractivity contribution in [1.29, 1.82) is 0 Å². The number of rotatable bonds is 7. The van der Waals surface area contributed by atoms with Crippen molar-refractivity contribution in [3.63, 3.8) is 0 Å². The van der Waals surface area contributed by atoms with Crippen LogP contribution in [0.15, 0.2) is 42.6 Å². The van der Waals surface area contributed by atoms with Gasteiger partial charge in [0.2, 0.25) is 10.0 Å². The minimum absolute atomic E-state index is 0.120. The van der Waals surface area contributed by atoms with Crippen LogP contribution in [0.3, 0.4) is 0 Å². The van der Waals surface area contributed by atoms with Gasteiger partial charge >= 0.3 is 0 Å². The summed E-state index contributed by atoms with van der Waals surface area (Å²) >= 11 is 0. The molecule has 0 aliphatic rings. The second kappa shape index (κ2) is 7.26. The van der Waals surface area contributed by atoms with Crippen LogP contribution in [0, 0.1) is 6.92 Å². The lowest BCUT2D eigenvalue weighted by Crippen LogP contribution is -2.17. The monoisotopic (exact) mass is 319 g/mol. The molecule has 0 amide bonds. The Labute approximate surface area is 131 Å². The molecule has 0 aliphatic carbocycles. The highest BCUT2D eigenvalue weighted by Crippen LogP contribution is 2.18. The quantitative estimate of drug-likeness (QED) is 0.817. The molecular formula is C16H21N3O2S. The molecule has 0 saturated heterocycles. The molecule has 0 spiro atoms. The third kappa shape index (κ3) is 5.04. The van der Waals surface area contributed by atoms with Crippen LogP contribution in [0.25, 0.3) is 0 Å². The van der Waals surface area contributed by atoms with Gasteiger partial charge in [0.25, 0.3) is 0 Å². The van der Waals surface area contributed by atoms with Crippen LogP contribution < -0.4 is 10.0 Å². The first-order chi connectivity index (χ1) is 10.5. The Bertz CT molecular complexity index is 695. The van der Waals surface area contributed by atoms with E-state index < -0.39 is 10.0 Å². The zero-order valence-electron chi connectivity index (χ0n) is 12.8. The summed E-state index contributed by atoms with van der Waals surface area (Å²) in [5.74, 6) is 0.458. The van der Waals surface area contributed by atoms with E-state index in [1.54, 1.807) is 18.3 Å². The molecule has 118 valence electrons.